The van der Waals surface area contributed by atoms with Gasteiger partial charge in [-0.1, -0.05) is 29.3 Å². The highest BCUT2D eigenvalue weighted by Gasteiger charge is 2.30. The van der Waals surface area contributed by atoms with Gasteiger partial charge in [0.15, 0.2) is 0 Å². The number of rotatable bonds is 4. The van der Waals surface area contributed by atoms with Crippen molar-refractivity contribution in [1.29, 1.82) is 0 Å². The summed E-state index contributed by atoms with van der Waals surface area (Å²) in [5.41, 5.74) is 2.83. The Balaban J connectivity index is 2.01. The second-order valence-electron chi connectivity index (χ2n) is 6.74. The van der Waals surface area contributed by atoms with Crippen LogP contribution in [0.1, 0.15) is 23.1 Å². The van der Waals surface area contributed by atoms with Gasteiger partial charge in [-0.3, -0.25) is 9.03 Å². The number of hydrogen-bond donors (Lipinski definition) is 1. The molecule has 0 aliphatic carbocycles. The lowest BCUT2D eigenvalue weighted by atomic mass is 10.1. The maximum absolute atomic E-state index is 12.9. The van der Waals surface area contributed by atoms with Crippen LogP contribution in [-0.2, 0) is 20.0 Å². The summed E-state index contributed by atoms with van der Waals surface area (Å²) in [4.78, 5) is 0.221. The van der Waals surface area contributed by atoms with E-state index in [9.17, 15) is 16.8 Å². The molecule has 1 N–H and O–H groups in total. The molecule has 1 heterocycles. The van der Waals surface area contributed by atoms with Crippen LogP contribution in [0.5, 0.6) is 0 Å². The second-order valence-corrected chi connectivity index (χ2v) is 10.8. The van der Waals surface area contributed by atoms with Crippen LogP contribution >= 0.6 is 11.6 Å². The molecule has 1 saturated heterocycles. The molecule has 0 amide bonds. The number of anilines is 2. The molecule has 1 fully saturated rings. The molecule has 1 aliphatic heterocycles. The molecule has 0 bridgehead atoms. The fourth-order valence-electron chi connectivity index (χ4n) is 3.47. The maximum atomic E-state index is 12.9. The fraction of sp³-hybridized carbons (Fsp3) is 0.333. The van der Waals surface area contributed by atoms with Gasteiger partial charge >= 0.3 is 0 Å². The first-order valence-corrected chi connectivity index (χ1v) is 11.9. The monoisotopic (exact) mass is 428 g/mol. The van der Waals surface area contributed by atoms with Crippen molar-refractivity contribution in [1.82, 2.24) is 0 Å². The van der Waals surface area contributed by atoms with Crippen LogP contribution in [0.3, 0.4) is 0 Å². The summed E-state index contributed by atoms with van der Waals surface area (Å²) in [6, 6.07) is 8.10. The number of hydrogen-bond acceptors (Lipinski definition) is 4. The van der Waals surface area contributed by atoms with Gasteiger partial charge in [0.1, 0.15) is 0 Å². The first-order valence-electron chi connectivity index (χ1n) is 8.42. The largest absolute Gasteiger partial charge is 0.280 e. The molecule has 0 unspecified atom stereocenters. The van der Waals surface area contributed by atoms with E-state index in [-0.39, 0.29) is 27.0 Å². The Morgan fingerprint density at radius 1 is 1.07 bits per heavy atom. The zero-order valence-electron chi connectivity index (χ0n) is 15.3. The van der Waals surface area contributed by atoms with E-state index >= 15 is 0 Å². The van der Waals surface area contributed by atoms with Gasteiger partial charge < -0.3 is 0 Å². The molecule has 27 heavy (non-hydrogen) atoms. The summed E-state index contributed by atoms with van der Waals surface area (Å²) in [6.45, 7) is 5.73. The molecule has 6 nitrogen and oxygen atoms in total. The summed E-state index contributed by atoms with van der Waals surface area (Å²) in [6.07, 6.45) is 0.510. The predicted molar refractivity (Wildman–Crippen MR) is 109 cm³/mol. The SMILES string of the molecule is Cc1cc(C)c(S(=O)(=O)Nc2ccc(Cl)c(N3CCCS3(=O)=O)c2)c(C)c1. The van der Waals surface area contributed by atoms with Gasteiger partial charge in [0.25, 0.3) is 10.0 Å². The minimum Gasteiger partial charge on any atom is -0.280 e. The van der Waals surface area contributed by atoms with E-state index in [2.05, 4.69) is 4.72 Å². The first kappa shape index (κ1) is 20.0. The Morgan fingerprint density at radius 3 is 2.26 bits per heavy atom. The Hall–Kier alpha value is -1.77. The normalized spacial score (nSPS) is 16.5. The third kappa shape index (κ3) is 3.93. The van der Waals surface area contributed by atoms with Gasteiger partial charge in [0.05, 0.1) is 27.0 Å². The molecule has 146 valence electrons. The lowest BCUT2D eigenvalue weighted by Crippen LogP contribution is -2.25. The van der Waals surface area contributed by atoms with E-state index in [1.54, 1.807) is 13.8 Å². The zero-order valence-corrected chi connectivity index (χ0v) is 17.7. The Kier molecular flexibility index (Phi) is 5.18. The maximum Gasteiger partial charge on any atom is 0.262 e. The van der Waals surface area contributed by atoms with Crippen LogP contribution in [0, 0.1) is 20.8 Å². The minimum atomic E-state index is -3.83. The van der Waals surface area contributed by atoms with Crippen LogP contribution in [0.25, 0.3) is 0 Å². The highest BCUT2D eigenvalue weighted by Crippen LogP contribution is 2.34. The van der Waals surface area contributed by atoms with E-state index in [0.29, 0.717) is 24.1 Å². The summed E-state index contributed by atoms with van der Waals surface area (Å²) in [7, 11) is -7.26. The molecule has 2 aromatic carbocycles. The Labute approximate surface area is 165 Å². The molecule has 0 aromatic heterocycles. The average molecular weight is 429 g/mol. The number of halogens is 1. The molecule has 0 atom stereocenters. The van der Waals surface area contributed by atoms with Crippen LogP contribution in [0.15, 0.2) is 35.2 Å². The van der Waals surface area contributed by atoms with E-state index in [4.69, 9.17) is 11.6 Å². The number of benzene rings is 2. The average Bonchev–Trinajstić information content (AvgIpc) is 2.86. The molecule has 9 heteroatoms. The van der Waals surface area contributed by atoms with Crippen molar-refractivity contribution in [3.63, 3.8) is 0 Å². The highest BCUT2D eigenvalue weighted by molar-refractivity contribution is 7.93. The molecule has 3 rings (SSSR count). The van der Waals surface area contributed by atoms with Crippen molar-refractivity contribution in [3.05, 3.63) is 52.0 Å². The van der Waals surface area contributed by atoms with E-state index in [1.807, 2.05) is 19.1 Å². The fourth-order valence-corrected chi connectivity index (χ4v) is 6.82. The second kappa shape index (κ2) is 7.00. The number of nitrogens with one attached hydrogen (secondary N) is 1. The van der Waals surface area contributed by atoms with E-state index < -0.39 is 20.0 Å². The molecular formula is C18H21ClN2O4S2. The lowest BCUT2D eigenvalue weighted by Gasteiger charge is -2.20. The van der Waals surface area contributed by atoms with E-state index in [1.165, 1.54) is 22.5 Å². The summed E-state index contributed by atoms with van der Waals surface area (Å²) >= 11 is 6.18. The predicted octanol–water partition coefficient (Wildman–Crippen LogP) is 3.61. The van der Waals surface area contributed by atoms with Gasteiger partial charge in [-0.15, -0.1) is 0 Å². The Morgan fingerprint density at radius 2 is 1.70 bits per heavy atom. The van der Waals surface area contributed by atoms with E-state index in [0.717, 1.165) is 5.56 Å². The van der Waals surface area contributed by atoms with Crippen molar-refractivity contribution in [3.8, 4) is 0 Å². The van der Waals surface area contributed by atoms with Crippen LogP contribution in [0.4, 0.5) is 11.4 Å². The molecular weight excluding hydrogens is 408 g/mol. The Bertz CT molecular complexity index is 1090. The van der Waals surface area contributed by atoms with Gasteiger partial charge in [0, 0.05) is 6.54 Å². The van der Waals surface area contributed by atoms with Crippen LogP contribution in [0.2, 0.25) is 5.02 Å². The van der Waals surface area contributed by atoms with Crippen LogP contribution < -0.4 is 9.03 Å². The third-order valence-electron chi connectivity index (χ3n) is 4.44. The topological polar surface area (TPSA) is 83.6 Å². The molecule has 0 spiro atoms. The van der Waals surface area contributed by atoms with Crippen molar-refractivity contribution in [2.24, 2.45) is 0 Å². The van der Waals surface area contributed by atoms with Gasteiger partial charge in [-0.05, 0) is 56.5 Å². The third-order valence-corrected chi connectivity index (χ3v) is 8.30. The van der Waals surface area contributed by atoms with Crippen molar-refractivity contribution in [2.75, 3.05) is 21.3 Å². The minimum absolute atomic E-state index is 0.0566. The summed E-state index contributed by atoms with van der Waals surface area (Å²) < 4.78 is 54.0. The van der Waals surface area contributed by atoms with Crippen LogP contribution in [-0.4, -0.2) is 29.1 Å². The molecule has 1 aliphatic rings. The quantitative estimate of drug-likeness (QED) is 0.806. The summed E-state index contributed by atoms with van der Waals surface area (Å²) in [5.74, 6) is 0.0566. The number of sulfonamides is 2. The van der Waals surface area contributed by atoms with Crippen molar-refractivity contribution >= 4 is 43.0 Å². The first-order chi connectivity index (χ1) is 12.5. The smallest absolute Gasteiger partial charge is 0.262 e. The molecule has 0 radical (unpaired) electrons. The van der Waals surface area contributed by atoms with Gasteiger partial charge in [0.2, 0.25) is 10.0 Å². The highest BCUT2D eigenvalue weighted by atomic mass is 35.5. The molecule has 2 aromatic rings. The molecule has 0 saturated carbocycles. The van der Waals surface area contributed by atoms with Gasteiger partial charge in [-0.2, -0.15) is 0 Å². The number of nitrogens with zero attached hydrogens (tertiary/aromatic N) is 1. The summed E-state index contributed by atoms with van der Waals surface area (Å²) in [5, 5.41) is 0.256. The number of aryl methyl sites for hydroxylation is 3. The van der Waals surface area contributed by atoms with Crippen molar-refractivity contribution < 1.29 is 16.8 Å². The lowest BCUT2D eigenvalue weighted by molar-refractivity contribution is 0.598. The standard InChI is InChI=1S/C18H21ClN2O4S2/c1-12-9-13(2)18(14(3)10-12)27(24,25)20-15-5-6-16(19)17(11-15)21-7-4-8-26(21,22)23/h5-6,9-11,20H,4,7-8H2,1-3H3. The zero-order chi connectivity index (χ0) is 20.0. The van der Waals surface area contributed by atoms with Gasteiger partial charge in [-0.25, -0.2) is 16.8 Å². The van der Waals surface area contributed by atoms with Crippen molar-refractivity contribution in [2.45, 2.75) is 32.1 Å².